The van der Waals surface area contributed by atoms with Gasteiger partial charge in [0.25, 0.3) is 0 Å². The summed E-state index contributed by atoms with van der Waals surface area (Å²) in [5.41, 5.74) is 0.936. The van der Waals surface area contributed by atoms with E-state index in [2.05, 4.69) is 16.5 Å². The topological polar surface area (TPSA) is 52.1 Å². The third kappa shape index (κ3) is 2.81. The van der Waals surface area contributed by atoms with E-state index < -0.39 is 0 Å². The number of carbonyl (C=O) groups is 1. The SMILES string of the molecule is C=CC(C)OC(=O)c1cnc(-c2ccncc2)s1. The normalized spacial score (nSPS) is 11.8. The number of ether oxygens (including phenoxy) is 1. The van der Waals surface area contributed by atoms with Gasteiger partial charge >= 0.3 is 5.97 Å². The maximum atomic E-state index is 11.7. The molecule has 0 saturated carbocycles. The van der Waals surface area contributed by atoms with Crippen molar-refractivity contribution in [2.24, 2.45) is 0 Å². The van der Waals surface area contributed by atoms with Gasteiger partial charge in [-0.2, -0.15) is 0 Å². The lowest BCUT2D eigenvalue weighted by molar-refractivity contribution is 0.0430. The molecule has 0 radical (unpaired) electrons. The summed E-state index contributed by atoms with van der Waals surface area (Å²) in [6, 6.07) is 3.70. The molecule has 0 bridgehead atoms. The second-order valence-electron chi connectivity index (χ2n) is 3.61. The fraction of sp³-hybridized carbons (Fsp3) is 0.154. The molecule has 2 heterocycles. The number of hydrogen-bond donors (Lipinski definition) is 0. The Bertz CT molecular complexity index is 551. The average molecular weight is 260 g/mol. The number of hydrogen-bond acceptors (Lipinski definition) is 5. The number of aromatic nitrogens is 2. The summed E-state index contributed by atoms with van der Waals surface area (Å²) in [5.74, 6) is -0.375. The molecule has 0 amide bonds. The smallest absolute Gasteiger partial charge is 0.350 e. The van der Waals surface area contributed by atoms with Gasteiger partial charge in [0.2, 0.25) is 0 Å². The number of rotatable bonds is 4. The molecule has 0 aliphatic heterocycles. The molecule has 92 valence electrons. The fourth-order valence-electron chi connectivity index (χ4n) is 1.27. The van der Waals surface area contributed by atoms with Gasteiger partial charge < -0.3 is 4.74 Å². The molecular weight excluding hydrogens is 248 g/mol. The van der Waals surface area contributed by atoms with Crippen molar-refractivity contribution in [2.45, 2.75) is 13.0 Å². The van der Waals surface area contributed by atoms with Crippen LogP contribution >= 0.6 is 11.3 Å². The van der Waals surface area contributed by atoms with Crippen LogP contribution in [0.4, 0.5) is 0 Å². The van der Waals surface area contributed by atoms with Crippen LogP contribution in [-0.4, -0.2) is 22.0 Å². The molecule has 1 atom stereocenters. The Balaban J connectivity index is 2.16. The minimum absolute atomic E-state index is 0.302. The standard InChI is InChI=1S/C13H12N2O2S/c1-3-9(2)17-13(16)11-8-15-12(18-11)10-4-6-14-7-5-10/h3-9H,1H2,2H3. The zero-order valence-electron chi connectivity index (χ0n) is 9.87. The highest BCUT2D eigenvalue weighted by Crippen LogP contribution is 2.25. The van der Waals surface area contributed by atoms with Crippen LogP contribution in [0.3, 0.4) is 0 Å². The van der Waals surface area contributed by atoms with Crippen molar-refractivity contribution in [1.82, 2.24) is 9.97 Å². The number of pyridine rings is 1. The molecule has 18 heavy (non-hydrogen) atoms. The van der Waals surface area contributed by atoms with Crippen LogP contribution in [0, 0.1) is 0 Å². The van der Waals surface area contributed by atoms with Crippen LogP contribution in [0.5, 0.6) is 0 Å². The summed E-state index contributed by atoms with van der Waals surface area (Å²) in [5, 5.41) is 0.774. The van der Waals surface area contributed by atoms with Crippen LogP contribution in [0.15, 0.2) is 43.4 Å². The van der Waals surface area contributed by atoms with Crippen LogP contribution in [0.25, 0.3) is 10.6 Å². The predicted octanol–water partition coefficient (Wildman–Crippen LogP) is 2.94. The van der Waals surface area contributed by atoms with Gasteiger partial charge in [-0.1, -0.05) is 12.7 Å². The lowest BCUT2D eigenvalue weighted by Crippen LogP contribution is -2.11. The summed E-state index contributed by atoms with van der Waals surface area (Å²) in [6.45, 7) is 5.32. The average Bonchev–Trinajstić information content (AvgIpc) is 2.89. The van der Waals surface area contributed by atoms with Gasteiger partial charge in [0.15, 0.2) is 0 Å². The zero-order valence-corrected chi connectivity index (χ0v) is 10.7. The van der Waals surface area contributed by atoms with Gasteiger partial charge in [-0.25, -0.2) is 9.78 Å². The third-order valence-corrected chi connectivity index (χ3v) is 3.29. The third-order valence-electron chi connectivity index (χ3n) is 2.26. The van der Waals surface area contributed by atoms with Crippen molar-refractivity contribution in [1.29, 1.82) is 0 Å². The first-order valence-electron chi connectivity index (χ1n) is 5.40. The first-order chi connectivity index (χ1) is 8.70. The Labute approximate surface area is 109 Å². The second kappa shape index (κ2) is 5.55. The molecule has 2 aromatic heterocycles. The van der Waals surface area contributed by atoms with Gasteiger partial charge in [0.05, 0.1) is 6.20 Å². The van der Waals surface area contributed by atoms with Crippen molar-refractivity contribution < 1.29 is 9.53 Å². The summed E-state index contributed by atoms with van der Waals surface area (Å²) < 4.78 is 5.14. The molecule has 4 nitrogen and oxygen atoms in total. The molecule has 0 aliphatic carbocycles. The molecule has 0 spiro atoms. The van der Waals surface area contributed by atoms with E-state index in [-0.39, 0.29) is 12.1 Å². The van der Waals surface area contributed by atoms with Gasteiger partial charge in [0.1, 0.15) is 16.0 Å². The van der Waals surface area contributed by atoms with Crippen LogP contribution in [0.1, 0.15) is 16.6 Å². The number of carbonyl (C=O) groups excluding carboxylic acids is 1. The van der Waals surface area contributed by atoms with E-state index in [1.165, 1.54) is 17.5 Å². The quantitative estimate of drug-likeness (QED) is 0.626. The maximum absolute atomic E-state index is 11.7. The van der Waals surface area contributed by atoms with Gasteiger partial charge in [-0.3, -0.25) is 4.98 Å². The summed E-state index contributed by atoms with van der Waals surface area (Å²) in [7, 11) is 0. The molecule has 2 rings (SSSR count). The van der Waals surface area contributed by atoms with E-state index in [0.29, 0.717) is 4.88 Å². The Morgan fingerprint density at radius 2 is 2.22 bits per heavy atom. The largest absolute Gasteiger partial charge is 0.454 e. The summed E-state index contributed by atoms with van der Waals surface area (Å²) >= 11 is 1.30. The summed E-state index contributed by atoms with van der Waals surface area (Å²) in [6.07, 6.45) is 6.17. The summed E-state index contributed by atoms with van der Waals surface area (Å²) in [4.78, 5) is 20.4. The van der Waals surface area contributed by atoms with Gasteiger partial charge in [-0.05, 0) is 19.1 Å². The Morgan fingerprint density at radius 1 is 1.50 bits per heavy atom. The molecule has 0 saturated heterocycles. The number of nitrogens with zero attached hydrogens (tertiary/aromatic N) is 2. The Hall–Kier alpha value is -2.01. The molecule has 0 N–H and O–H groups in total. The highest BCUT2D eigenvalue weighted by Gasteiger charge is 2.14. The monoisotopic (exact) mass is 260 g/mol. The molecule has 5 heteroatoms. The Morgan fingerprint density at radius 3 is 2.89 bits per heavy atom. The molecule has 0 aromatic carbocycles. The van der Waals surface area contributed by atoms with Gasteiger partial charge in [-0.15, -0.1) is 11.3 Å². The second-order valence-corrected chi connectivity index (χ2v) is 4.64. The number of esters is 1. The highest BCUT2D eigenvalue weighted by atomic mass is 32.1. The molecule has 0 aliphatic rings. The molecular formula is C13H12N2O2S. The fourth-order valence-corrected chi connectivity index (χ4v) is 2.08. The predicted molar refractivity (Wildman–Crippen MR) is 70.4 cm³/mol. The van der Waals surface area contributed by atoms with Crippen molar-refractivity contribution in [3.63, 3.8) is 0 Å². The highest BCUT2D eigenvalue weighted by molar-refractivity contribution is 7.16. The van der Waals surface area contributed by atoms with Crippen molar-refractivity contribution >= 4 is 17.3 Å². The van der Waals surface area contributed by atoms with Crippen molar-refractivity contribution in [3.8, 4) is 10.6 Å². The van der Waals surface area contributed by atoms with E-state index >= 15 is 0 Å². The molecule has 2 aromatic rings. The van der Waals surface area contributed by atoms with E-state index in [1.54, 1.807) is 25.4 Å². The first-order valence-corrected chi connectivity index (χ1v) is 6.22. The maximum Gasteiger partial charge on any atom is 0.350 e. The van der Waals surface area contributed by atoms with Crippen LogP contribution in [-0.2, 0) is 4.74 Å². The molecule has 1 unspecified atom stereocenters. The lowest BCUT2D eigenvalue weighted by atomic mass is 10.3. The number of thiazole rings is 1. The van der Waals surface area contributed by atoms with E-state index in [4.69, 9.17) is 4.74 Å². The van der Waals surface area contributed by atoms with Gasteiger partial charge in [0, 0.05) is 18.0 Å². The Kier molecular flexibility index (Phi) is 3.84. The van der Waals surface area contributed by atoms with E-state index in [0.717, 1.165) is 10.6 Å². The zero-order chi connectivity index (χ0) is 13.0. The minimum atomic E-state index is -0.375. The van der Waals surface area contributed by atoms with E-state index in [9.17, 15) is 4.79 Å². The van der Waals surface area contributed by atoms with Crippen LogP contribution in [0.2, 0.25) is 0 Å². The van der Waals surface area contributed by atoms with Crippen molar-refractivity contribution in [2.75, 3.05) is 0 Å². The van der Waals surface area contributed by atoms with E-state index in [1.807, 2.05) is 12.1 Å². The minimum Gasteiger partial charge on any atom is -0.454 e. The lowest BCUT2D eigenvalue weighted by Gasteiger charge is -2.06. The molecule has 0 fully saturated rings. The van der Waals surface area contributed by atoms with Crippen LogP contribution < -0.4 is 0 Å². The van der Waals surface area contributed by atoms with Crippen molar-refractivity contribution in [3.05, 3.63) is 48.3 Å². The first kappa shape index (κ1) is 12.4.